The van der Waals surface area contributed by atoms with E-state index in [4.69, 9.17) is 0 Å². The fraction of sp³-hybridized carbons (Fsp3) is 0.500. The molecule has 0 saturated carbocycles. The molecule has 2 heteroatoms. The van der Waals surface area contributed by atoms with Crippen molar-refractivity contribution in [1.29, 1.82) is 0 Å². The van der Waals surface area contributed by atoms with Gasteiger partial charge < -0.3 is 5.32 Å². The van der Waals surface area contributed by atoms with Crippen LogP contribution >= 0.6 is 0 Å². The molecule has 0 radical (unpaired) electrons. The first-order valence-electron chi connectivity index (χ1n) is 5.21. The first kappa shape index (κ1) is 9.66. The van der Waals surface area contributed by atoms with Crippen molar-refractivity contribution < 1.29 is 4.39 Å². The van der Waals surface area contributed by atoms with Gasteiger partial charge in [0.15, 0.2) is 0 Å². The average molecular weight is 193 g/mol. The number of hydrogen-bond donors (Lipinski definition) is 1. The molecule has 0 spiro atoms. The van der Waals surface area contributed by atoms with Crippen molar-refractivity contribution in [1.82, 2.24) is 5.32 Å². The summed E-state index contributed by atoms with van der Waals surface area (Å²) in [7, 11) is 1.97. The van der Waals surface area contributed by atoms with Crippen LogP contribution in [0.5, 0.6) is 0 Å². The smallest absolute Gasteiger partial charge is 0.123 e. The highest BCUT2D eigenvalue weighted by molar-refractivity contribution is 5.32. The molecule has 1 aliphatic carbocycles. The van der Waals surface area contributed by atoms with Gasteiger partial charge in [-0.15, -0.1) is 0 Å². The summed E-state index contributed by atoms with van der Waals surface area (Å²) in [6.07, 6.45) is 3.36. The maximum atomic E-state index is 12.9. The zero-order valence-electron chi connectivity index (χ0n) is 8.52. The minimum absolute atomic E-state index is 0.0991. The number of nitrogens with one attached hydrogen (secondary N) is 1. The Hall–Kier alpha value is -0.890. The maximum Gasteiger partial charge on any atom is 0.123 e. The summed E-state index contributed by atoms with van der Waals surface area (Å²) in [6, 6.07) is 5.19. The van der Waals surface area contributed by atoms with Gasteiger partial charge in [-0.2, -0.15) is 0 Å². The van der Waals surface area contributed by atoms with E-state index in [1.807, 2.05) is 13.1 Å². The summed E-state index contributed by atoms with van der Waals surface area (Å²) in [6.45, 7) is 1.06. The summed E-state index contributed by atoms with van der Waals surface area (Å²) in [5.41, 5.74) is 2.55. The number of fused-ring (bicyclic) bond motifs is 1. The van der Waals surface area contributed by atoms with E-state index in [9.17, 15) is 4.39 Å². The molecule has 2 rings (SSSR count). The quantitative estimate of drug-likeness (QED) is 0.775. The van der Waals surface area contributed by atoms with Gasteiger partial charge >= 0.3 is 0 Å². The highest BCUT2D eigenvalue weighted by Crippen LogP contribution is 2.28. The summed E-state index contributed by atoms with van der Waals surface area (Å²) in [5.74, 6) is 0.609. The molecule has 1 atom stereocenters. The molecule has 1 nitrogen and oxygen atoms in total. The molecule has 0 aromatic heterocycles. The van der Waals surface area contributed by atoms with E-state index in [0.29, 0.717) is 5.92 Å². The largest absolute Gasteiger partial charge is 0.320 e. The van der Waals surface area contributed by atoms with Crippen LogP contribution in [-0.2, 0) is 12.8 Å². The molecule has 0 bridgehead atoms. The van der Waals surface area contributed by atoms with Gasteiger partial charge in [-0.05, 0) is 62.0 Å². The highest BCUT2D eigenvalue weighted by Gasteiger charge is 2.20. The van der Waals surface area contributed by atoms with Crippen LogP contribution in [-0.4, -0.2) is 13.6 Å². The van der Waals surface area contributed by atoms with Crippen molar-refractivity contribution in [2.24, 2.45) is 5.92 Å². The van der Waals surface area contributed by atoms with Crippen molar-refractivity contribution in [2.45, 2.75) is 19.3 Å². The van der Waals surface area contributed by atoms with E-state index in [1.165, 1.54) is 17.5 Å². The third kappa shape index (κ3) is 1.95. The van der Waals surface area contributed by atoms with Crippen LogP contribution in [0.1, 0.15) is 17.5 Å². The molecule has 1 N–H and O–H groups in total. The van der Waals surface area contributed by atoms with E-state index in [2.05, 4.69) is 5.32 Å². The minimum Gasteiger partial charge on any atom is -0.320 e. The Balaban J connectivity index is 2.03. The van der Waals surface area contributed by atoms with Crippen LogP contribution in [0.25, 0.3) is 0 Å². The zero-order chi connectivity index (χ0) is 9.97. The lowest BCUT2D eigenvalue weighted by Crippen LogP contribution is -2.13. The molecule has 0 fully saturated rings. The molecule has 1 aromatic carbocycles. The predicted octanol–water partition coefficient (Wildman–Crippen LogP) is 2.15. The van der Waals surface area contributed by atoms with Gasteiger partial charge in [-0.3, -0.25) is 0 Å². The SMILES string of the molecule is CNCCC1Cc2ccc(F)cc2C1. The molecule has 0 aliphatic heterocycles. The third-order valence-corrected chi connectivity index (χ3v) is 2.99. The fourth-order valence-corrected chi connectivity index (χ4v) is 2.23. The molecule has 76 valence electrons. The van der Waals surface area contributed by atoms with Crippen LogP contribution in [0.4, 0.5) is 4.39 Å². The van der Waals surface area contributed by atoms with Crippen molar-refractivity contribution in [2.75, 3.05) is 13.6 Å². The second kappa shape index (κ2) is 4.09. The van der Waals surface area contributed by atoms with E-state index in [1.54, 1.807) is 12.1 Å². The molecule has 1 aromatic rings. The van der Waals surface area contributed by atoms with Gasteiger partial charge in [0, 0.05) is 0 Å². The lowest BCUT2D eigenvalue weighted by Gasteiger charge is -2.06. The van der Waals surface area contributed by atoms with Crippen molar-refractivity contribution >= 4 is 0 Å². The summed E-state index contributed by atoms with van der Waals surface area (Å²) < 4.78 is 12.9. The highest BCUT2D eigenvalue weighted by atomic mass is 19.1. The van der Waals surface area contributed by atoms with Crippen LogP contribution in [0.3, 0.4) is 0 Å². The lowest BCUT2D eigenvalue weighted by molar-refractivity contribution is 0.500. The van der Waals surface area contributed by atoms with E-state index >= 15 is 0 Å². The standard InChI is InChI=1S/C12H16FN/c1-14-5-4-9-6-10-2-3-12(13)8-11(10)7-9/h2-3,8-9,14H,4-7H2,1H3. The Morgan fingerprint density at radius 3 is 2.93 bits per heavy atom. The second-order valence-corrected chi connectivity index (χ2v) is 4.08. The minimum atomic E-state index is -0.0991. The lowest BCUT2D eigenvalue weighted by atomic mass is 10.0. The van der Waals surface area contributed by atoms with Gasteiger partial charge in [-0.25, -0.2) is 4.39 Å². The van der Waals surface area contributed by atoms with Gasteiger partial charge in [0.25, 0.3) is 0 Å². The first-order valence-corrected chi connectivity index (χ1v) is 5.21. The fourth-order valence-electron chi connectivity index (χ4n) is 2.23. The van der Waals surface area contributed by atoms with Gasteiger partial charge in [0.2, 0.25) is 0 Å². The predicted molar refractivity (Wildman–Crippen MR) is 55.8 cm³/mol. The van der Waals surface area contributed by atoms with Crippen LogP contribution in [0, 0.1) is 11.7 Å². The Bertz CT molecular complexity index is 322. The normalized spacial score (nSPS) is 19.7. The van der Waals surface area contributed by atoms with Gasteiger partial charge in [-0.1, -0.05) is 6.07 Å². The van der Waals surface area contributed by atoms with Crippen LogP contribution < -0.4 is 5.32 Å². The van der Waals surface area contributed by atoms with Crippen molar-refractivity contribution in [3.8, 4) is 0 Å². The molecule has 0 amide bonds. The van der Waals surface area contributed by atoms with Gasteiger partial charge in [0.05, 0.1) is 0 Å². The summed E-state index contributed by atoms with van der Waals surface area (Å²) >= 11 is 0. The number of hydrogen-bond acceptors (Lipinski definition) is 1. The second-order valence-electron chi connectivity index (χ2n) is 4.08. The Morgan fingerprint density at radius 2 is 2.14 bits per heavy atom. The Morgan fingerprint density at radius 1 is 1.36 bits per heavy atom. The Kier molecular flexibility index (Phi) is 2.82. The zero-order valence-corrected chi connectivity index (χ0v) is 8.52. The van der Waals surface area contributed by atoms with E-state index in [0.717, 1.165) is 19.4 Å². The topological polar surface area (TPSA) is 12.0 Å². The molecule has 14 heavy (non-hydrogen) atoms. The Labute approximate surface area is 84.3 Å². The summed E-state index contributed by atoms with van der Waals surface area (Å²) in [5, 5.41) is 3.16. The third-order valence-electron chi connectivity index (χ3n) is 2.99. The molecular weight excluding hydrogens is 177 g/mol. The van der Waals surface area contributed by atoms with E-state index in [-0.39, 0.29) is 5.82 Å². The maximum absolute atomic E-state index is 12.9. The molecule has 0 saturated heterocycles. The van der Waals surface area contributed by atoms with E-state index < -0.39 is 0 Å². The molecule has 1 unspecified atom stereocenters. The monoisotopic (exact) mass is 193 g/mol. The molecule has 0 heterocycles. The summed E-state index contributed by atoms with van der Waals surface area (Å²) in [4.78, 5) is 0. The van der Waals surface area contributed by atoms with Gasteiger partial charge in [0.1, 0.15) is 5.82 Å². The molecule has 1 aliphatic rings. The van der Waals surface area contributed by atoms with Crippen LogP contribution in [0.2, 0.25) is 0 Å². The number of benzene rings is 1. The number of rotatable bonds is 3. The average Bonchev–Trinajstić information content (AvgIpc) is 2.56. The first-order chi connectivity index (χ1) is 6.79. The van der Waals surface area contributed by atoms with Crippen molar-refractivity contribution in [3.05, 3.63) is 35.1 Å². The number of halogens is 1. The molecular formula is C12H16FN. The van der Waals surface area contributed by atoms with Crippen molar-refractivity contribution in [3.63, 3.8) is 0 Å². The van der Waals surface area contributed by atoms with Crippen LogP contribution in [0.15, 0.2) is 18.2 Å².